The van der Waals surface area contributed by atoms with E-state index in [0.717, 1.165) is 12.1 Å². The maximum Gasteiger partial charge on any atom is 0.375 e. The number of carboxylic acid groups (broad SMARTS) is 1. The zero-order chi connectivity index (χ0) is 24.5. The molecule has 2 heterocycles. The van der Waals surface area contributed by atoms with Crippen LogP contribution >= 0.6 is 23.2 Å². The minimum atomic E-state index is -1.86. The van der Waals surface area contributed by atoms with Gasteiger partial charge in [-0.15, -0.1) is 0 Å². The maximum atomic E-state index is 14.6. The first-order chi connectivity index (χ1) is 15.3. The molecule has 2 aliphatic rings. The number of nitrogens with zero attached hydrogens (tertiary/aromatic N) is 1. The Bertz CT molecular complexity index is 1240. The molecule has 6 nitrogen and oxygen atoms in total. The molecule has 0 bridgehead atoms. The lowest BCUT2D eigenvalue weighted by Gasteiger charge is -2.30. The summed E-state index contributed by atoms with van der Waals surface area (Å²) in [5.74, 6) is -5.05. The molecule has 1 amide bonds. The van der Waals surface area contributed by atoms with Crippen molar-refractivity contribution in [3.05, 3.63) is 68.3 Å². The number of benzene rings is 2. The number of fused-ring (bicyclic) bond motifs is 2. The molecular weight excluding hydrogens is 477 g/mol. The van der Waals surface area contributed by atoms with Crippen molar-refractivity contribution in [2.24, 2.45) is 5.41 Å². The van der Waals surface area contributed by atoms with Gasteiger partial charge in [0, 0.05) is 17.7 Å². The van der Waals surface area contributed by atoms with Gasteiger partial charge in [0.25, 0.3) is 6.04 Å². The van der Waals surface area contributed by atoms with Crippen LogP contribution in [0.4, 0.5) is 14.5 Å². The van der Waals surface area contributed by atoms with Crippen LogP contribution in [-0.2, 0) is 15.0 Å². The van der Waals surface area contributed by atoms with Gasteiger partial charge in [0.05, 0.1) is 16.0 Å². The molecule has 0 aliphatic carbocycles. The summed E-state index contributed by atoms with van der Waals surface area (Å²) in [6.07, 6.45) is 0.0445. The van der Waals surface area contributed by atoms with E-state index in [1.165, 1.54) is 18.2 Å². The number of carbonyl (C=O) groups is 2. The zero-order valence-corrected chi connectivity index (χ0v) is 19.4. The summed E-state index contributed by atoms with van der Waals surface area (Å²) in [4.78, 5) is 26.0. The standard InChI is InChI=1S/C23H20Cl2F2N2O4/c1-22(2,3)9-17-23(11-7-15(27)13(25)8-16(11)28-21(23)32)18(19(20(30)31)29(17)33)10-4-5-14(26)12(24)6-10/h4-8,18-19H,9H2,1-3H3,(H,28,32)(H,30,31). The molecule has 2 aromatic rings. The zero-order valence-electron chi connectivity index (χ0n) is 17.9. The van der Waals surface area contributed by atoms with Crippen molar-refractivity contribution in [3.8, 4) is 0 Å². The van der Waals surface area contributed by atoms with Gasteiger partial charge in [0.2, 0.25) is 5.91 Å². The van der Waals surface area contributed by atoms with Crippen molar-refractivity contribution in [2.45, 2.75) is 44.6 Å². The second kappa shape index (κ2) is 7.67. The highest BCUT2D eigenvalue weighted by atomic mass is 35.5. The first kappa shape index (κ1) is 23.4. The number of hydrogen-bond donors (Lipinski definition) is 2. The van der Waals surface area contributed by atoms with Crippen LogP contribution in [0.5, 0.6) is 0 Å². The molecule has 3 atom stereocenters. The van der Waals surface area contributed by atoms with Gasteiger partial charge in [-0.2, -0.15) is 4.74 Å². The molecule has 4 rings (SSSR count). The summed E-state index contributed by atoms with van der Waals surface area (Å²) in [6.45, 7) is 5.49. The van der Waals surface area contributed by atoms with Crippen LogP contribution in [0.1, 0.15) is 44.2 Å². The second-order valence-corrected chi connectivity index (χ2v) is 10.3. The summed E-state index contributed by atoms with van der Waals surface area (Å²) < 4.78 is 28.9. The summed E-state index contributed by atoms with van der Waals surface area (Å²) in [5, 5.41) is 25.7. The quantitative estimate of drug-likeness (QED) is 0.456. The first-order valence-corrected chi connectivity index (χ1v) is 10.9. The maximum absolute atomic E-state index is 14.6. The molecule has 0 radical (unpaired) electrons. The molecule has 2 aliphatic heterocycles. The number of amides is 1. The van der Waals surface area contributed by atoms with E-state index >= 15 is 0 Å². The highest BCUT2D eigenvalue weighted by Crippen LogP contribution is 2.55. The topological polar surface area (TPSA) is 92.5 Å². The molecule has 1 spiro atoms. The van der Waals surface area contributed by atoms with Crippen LogP contribution in [-0.4, -0.2) is 33.5 Å². The Hall–Kier alpha value is -2.71. The van der Waals surface area contributed by atoms with E-state index < -0.39 is 46.3 Å². The van der Waals surface area contributed by atoms with Gasteiger partial charge in [0.15, 0.2) is 11.1 Å². The number of nitrogens with one attached hydrogen (secondary N) is 1. The normalized spacial score (nSPS) is 24.4. The second-order valence-electron chi connectivity index (χ2n) is 9.52. The van der Waals surface area contributed by atoms with Crippen molar-refractivity contribution in [2.75, 3.05) is 5.32 Å². The third kappa shape index (κ3) is 3.47. The van der Waals surface area contributed by atoms with Gasteiger partial charge in [-0.25, -0.2) is 13.6 Å². The van der Waals surface area contributed by atoms with Gasteiger partial charge in [-0.1, -0.05) is 50.0 Å². The largest absolute Gasteiger partial charge is 0.623 e. The van der Waals surface area contributed by atoms with Gasteiger partial charge in [-0.05, 0) is 35.2 Å². The number of hydroxylamine groups is 1. The average molecular weight is 497 g/mol. The highest BCUT2D eigenvalue weighted by Gasteiger charge is 2.70. The molecule has 3 unspecified atom stereocenters. The molecular formula is C23H20Cl2F2N2O4. The lowest BCUT2D eigenvalue weighted by Crippen LogP contribution is -2.48. The predicted molar refractivity (Wildman–Crippen MR) is 120 cm³/mol. The van der Waals surface area contributed by atoms with Gasteiger partial charge in [-0.3, -0.25) is 4.79 Å². The Kier molecular flexibility index (Phi) is 5.45. The Morgan fingerprint density at radius 1 is 1.18 bits per heavy atom. The van der Waals surface area contributed by atoms with Crippen LogP contribution in [0, 0.1) is 22.3 Å². The van der Waals surface area contributed by atoms with Crippen molar-refractivity contribution >= 4 is 46.5 Å². The molecule has 0 fully saturated rings. The van der Waals surface area contributed by atoms with Gasteiger partial charge in [0.1, 0.15) is 11.6 Å². The lowest BCUT2D eigenvalue weighted by molar-refractivity contribution is -0.484. The summed E-state index contributed by atoms with van der Waals surface area (Å²) in [7, 11) is 0. The van der Waals surface area contributed by atoms with Crippen LogP contribution in [0.25, 0.3) is 0 Å². The average Bonchev–Trinajstić information content (AvgIpc) is 3.10. The van der Waals surface area contributed by atoms with Crippen LogP contribution in [0.2, 0.25) is 10.0 Å². The monoisotopic (exact) mass is 496 g/mol. The number of hydrogen-bond acceptors (Lipinski definition) is 3. The van der Waals surface area contributed by atoms with E-state index in [1.54, 1.807) is 0 Å². The molecule has 174 valence electrons. The van der Waals surface area contributed by atoms with Gasteiger partial charge >= 0.3 is 5.97 Å². The summed E-state index contributed by atoms with van der Waals surface area (Å²) in [6, 6.07) is 4.07. The van der Waals surface area contributed by atoms with E-state index in [-0.39, 0.29) is 39.0 Å². The van der Waals surface area contributed by atoms with Crippen molar-refractivity contribution in [1.29, 1.82) is 0 Å². The fourth-order valence-corrected chi connectivity index (χ4v) is 5.26. The molecule has 2 aromatic carbocycles. The van der Waals surface area contributed by atoms with Crippen molar-refractivity contribution < 1.29 is 28.2 Å². The Balaban J connectivity index is 2.11. The number of anilines is 1. The third-order valence-electron chi connectivity index (χ3n) is 6.10. The first-order valence-electron chi connectivity index (χ1n) is 10.1. The highest BCUT2D eigenvalue weighted by molar-refractivity contribution is 6.32. The van der Waals surface area contributed by atoms with Crippen molar-refractivity contribution in [1.82, 2.24) is 0 Å². The number of rotatable bonds is 3. The summed E-state index contributed by atoms with van der Waals surface area (Å²) >= 11 is 11.9. The fraction of sp³-hybridized carbons (Fsp3) is 0.348. The molecule has 0 saturated heterocycles. The molecule has 0 aromatic heterocycles. The number of carboxylic acids is 1. The molecule has 10 heteroatoms. The lowest BCUT2D eigenvalue weighted by atomic mass is 9.63. The van der Waals surface area contributed by atoms with Crippen LogP contribution in [0.3, 0.4) is 0 Å². The van der Waals surface area contributed by atoms with Gasteiger partial charge < -0.3 is 15.6 Å². The van der Waals surface area contributed by atoms with Crippen LogP contribution in [0.15, 0.2) is 30.3 Å². The molecule has 0 saturated carbocycles. The predicted octanol–water partition coefficient (Wildman–Crippen LogP) is 5.10. The van der Waals surface area contributed by atoms with E-state index in [0.29, 0.717) is 4.74 Å². The minimum Gasteiger partial charge on any atom is -0.623 e. The minimum absolute atomic E-state index is 0.0224. The SMILES string of the molecule is CC(C)(C)CC1=[N+]([O-])C(C(=O)O)C(c2ccc(F)c(Cl)c2)C12C(=O)Nc1cc(Cl)c(F)cc12. The summed E-state index contributed by atoms with van der Waals surface area (Å²) in [5.41, 5.74) is -1.97. The number of halogens is 4. The van der Waals surface area contributed by atoms with E-state index in [1.807, 2.05) is 20.8 Å². The van der Waals surface area contributed by atoms with Crippen molar-refractivity contribution in [3.63, 3.8) is 0 Å². The number of carbonyl (C=O) groups excluding carboxylic acids is 1. The van der Waals surface area contributed by atoms with E-state index in [9.17, 15) is 28.7 Å². The fourth-order valence-electron chi connectivity index (χ4n) is 4.91. The smallest absolute Gasteiger partial charge is 0.375 e. The molecule has 33 heavy (non-hydrogen) atoms. The Labute approximate surface area is 198 Å². The van der Waals surface area contributed by atoms with E-state index in [2.05, 4.69) is 5.32 Å². The Morgan fingerprint density at radius 2 is 1.82 bits per heavy atom. The van der Waals surface area contributed by atoms with Crippen LogP contribution < -0.4 is 5.32 Å². The molecule has 2 N–H and O–H groups in total. The third-order valence-corrected chi connectivity index (χ3v) is 6.68. The Morgan fingerprint density at radius 3 is 2.39 bits per heavy atom. The number of aliphatic carboxylic acids is 1. The van der Waals surface area contributed by atoms with E-state index in [4.69, 9.17) is 23.2 Å².